The molecule has 19 heavy (non-hydrogen) atoms. The van der Waals surface area contributed by atoms with Crippen molar-refractivity contribution < 1.29 is 19.1 Å². The Labute approximate surface area is 109 Å². The van der Waals surface area contributed by atoms with E-state index >= 15 is 0 Å². The van der Waals surface area contributed by atoms with Crippen LogP contribution in [0.1, 0.15) is 34.9 Å². The molecule has 2 rings (SSSR count). The molecular weight excluding hydrogens is 253 g/mol. The number of pyridine rings is 1. The zero-order valence-corrected chi connectivity index (χ0v) is 10.2. The number of rotatable bonds is 2. The zero-order valence-electron chi connectivity index (χ0n) is 10.2. The van der Waals surface area contributed by atoms with Crippen LogP contribution in [0.25, 0.3) is 0 Å². The maximum absolute atomic E-state index is 13.7. The van der Waals surface area contributed by atoms with E-state index in [1.165, 1.54) is 17.0 Å². The molecule has 102 valence electrons. The third-order valence-electron chi connectivity index (χ3n) is 3.28. The van der Waals surface area contributed by atoms with Crippen LogP contribution < -0.4 is 5.73 Å². The summed E-state index contributed by atoms with van der Waals surface area (Å²) in [5.41, 5.74) is 5.33. The van der Waals surface area contributed by atoms with E-state index in [9.17, 15) is 14.0 Å². The molecule has 7 heteroatoms. The Hall–Kier alpha value is -2.18. The molecule has 1 aliphatic heterocycles. The van der Waals surface area contributed by atoms with Gasteiger partial charge in [0, 0.05) is 19.0 Å². The van der Waals surface area contributed by atoms with Gasteiger partial charge in [-0.25, -0.2) is 14.2 Å². The van der Waals surface area contributed by atoms with Gasteiger partial charge in [-0.1, -0.05) is 0 Å². The van der Waals surface area contributed by atoms with Crippen molar-refractivity contribution in [2.24, 2.45) is 5.73 Å². The second-order valence-corrected chi connectivity index (χ2v) is 4.47. The molecule has 0 aliphatic carbocycles. The predicted molar refractivity (Wildman–Crippen MR) is 64.3 cm³/mol. The van der Waals surface area contributed by atoms with Crippen LogP contribution in [0.5, 0.6) is 0 Å². The van der Waals surface area contributed by atoms with Crippen molar-refractivity contribution in [2.75, 3.05) is 13.1 Å². The lowest BCUT2D eigenvalue weighted by molar-refractivity contribution is 0.0995. The van der Waals surface area contributed by atoms with Crippen molar-refractivity contribution in [1.29, 1.82) is 0 Å². The second kappa shape index (κ2) is 5.21. The number of amides is 2. The number of piperidine rings is 1. The van der Waals surface area contributed by atoms with Crippen LogP contribution >= 0.6 is 0 Å². The number of carboxylic acid groups (broad SMARTS) is 1. The summed E-state index contributed by atoms with van der Waals surface area (Å²) in [6.07, 6.45) is -0.00517. The fourth-order valence-corrected chi connectivity index (χ4v) is 2.23. The molecule has 0 bridgehead atoms. The first-order valence-electron chi connectivity index (χ1n) is 5.93. The Morgan fingerprint density at radius 1 is 1.37 bits per heavy atom. The van der Waals surface area contributed by atoms with Crippen LogP contribution in [0.4, 0.5) is 9.18 Å². The fraction of sp³-hybridized carbons (Fsp3) is 0.417. The first-order valence-corrected chi connectivity index (χ1v) is 5.93. The summed E-state index contributed by atoms with van der Waals surface area (Å²) in [5.74, 6) is -1.38. The van der Waals surface area contributed by atoms with Crippen molar-refractivity contribution in [1.82, 2.24) is 9.88 Å². The lowest BCUT2D eigenvalue weighted by Crippen LogP contribution is -2.37. The Morgan fingerprint density at radius 2 is 2.00 bits per heavy atom. The van der Waals surface area contributed by atoms with Gasteiger partial charge in [-0.05, 0) is 25.0 Å². The van der Waals surface area contributed by atoms with E-state index in [2.05, 4.69) is 4.98 Å². The molecule has 0 aromatic carbocycles. The molecule has 1 aliphatic rings. The van der Waals surface area contributed by atoms with E-state index in [1.807, 2.05) is 0 Å². The summed E-state index contributed by atoms with van der Waals surface area (Å²) in [6, 6.07) is 2.42. The molecule has 0 spiro atoms. The smallest absolute Gasteiger partial charge is 0.407 e. The van der Waals surface area contributed by atoms with Crippen LogP contribution in [0, 0.1) is 5.82 Å². The largest absolute Gasteiger partial charge is 0.465 e. The molecule has 1 saturated heterocycles. The first-order chi connectivity index (χ1) is 8.99. The number of carbonyl (C=O) groups excluding carboxylic acids is 1. The number of halogens is 1. The summed E-state index contributed by atoms with van der Waals surface area (Å²) >= 11 is 0. The zero-order chi connectivity index (χ0) is 14.0. The standard InChI is InChI=1S/C12H14FN3O3/c13-8-1-2-9(11(14)17)15-10(8)7-3-5-16(6-4-7)12(18)19/h1-2,7H,3-6H2,(H2,14,17)(H,18,19). The van der Waals surface area contributed by atoms with Crippen LogP contribution in [-0.4, -0.2) is 40.1 Å². The lowest BCUT2D eigenvalue weighted by Gasteiger charge is -2.29. The number of nitrogens with two attached hydrogens (primary N) is 1. The Bertz CT molecular complexity index is 513. The van der Waals surface area contributed by atoms with E-state index in [4.69, 9.17) is 10.8 Å². The molecule has 1 aromatic heterocycles. The Balaban J connectivity index is 2.17. The van der Waals surface area contributed by atoms with E-state index in [0.29, 0.717) is 25.9 Å². The number of primary amides is 1. The number of likely N-dealkylation sites (tertiary alicyclic amines) is 1. The Morgan fingerprint density at radius 3 is 2.53 bits per heavy atom. The number of hydrogen-bond acceptors (Lipinski definition) is 3. The van der Waals surface area contributed by atoms with Crippen molar-refractivity contribution in [2.45, 2.75) is 18.8 Å². The summed E-state index contributed by atoms with van der Waals surface area (Å²) in [4.78, 5) is 27.1. The molecule has 0 atom stereocenters. The van der Waals surface area contributed by atoms with Gasteiger partial charge in [0.15, 0.2) is 0 Å². The SMILES string of the molecule is NC(=O)c1ccc(F)c(C2CCN(C(=O)O)CC2)n1. The maximum Gasteiger partial charge on any atom is 0.407 e. The molecular formula is C12H14FN3O3. The average Bonchev–Trinajstić information content (AvgIpc) is 2.39. The molecule has 0 unspecified atom stereocenters. The van der Waals surface area contributed by atoms with E-state index in [0.717, 1.165) is 0 Å². The highest BCUT2D eigenvalue weighted by Crippen LogP contribution is 2.28. The minimum Gasteiger partial charge on any atom is -0.465 e. The number of aromatic nitrogens is 1. The van der Waals surface area contributed by atoms with Crippen molar-refractivity contribution >= 4 is 12.0 Å². The molecule has 2 amide bonds. The molecule has 0 radical (unpaired) electrons. The molecule has 2 heterocycles. The molecule has 3 N–H and O–H groups in total. The van der Waals surface area contributed by atoms with Gasteiger partial charge in [0.2, 0.25) is 0 Å². The number of nitrogens with zero attached hydrogens (tertiary/aromatic N) is 2. The maximum atomic E-state index is 13.7. The van der Waals surface area contributed by atoms with Crippen LogP contribution in [-0.2, 0) is 0 Å². The van der Waals surface area contributed by atoms with Crippen LogP contribution in [0.2, 0.25) is 0 Å². The van der Waals surface area contributed by atoms with E-state index < -0.39 is 17.8 Å². The van der Waals surface area contributed by atoms with Gasteiger partial charge >= 0.3 is 6.09 Å². The second-order valence-electron chi connectivity index (χ2n) is 4.47. The molecule has 0 saturated carbocycles. The van der Waals surface area contributed by atoms with E-state index in [1.54, 1.807) is 0 Å². The quantitative estimate of drug-likeness (QED) is 0.840. The third-order valence-corrected chi connectivity index (χ3v) is 3.28. The summed E-state index contributed by atoms with van der Waals surface area (Å²) in [5, 5.41) is 8.84. The van der Waals surface area contributed by atoms with Crippen molar-refractivity contribution in [3.05, 3.63) is 29.3 Å². The fourth-order valence-electron chi connectivity index (χ4n) is 2.23. The van der Waals surface area contributed by atoms with Crippen LogP contribution in [0.15, 0.2) is 12.1 Å². The van der Waals surface area contributed by atoms with Gasteiger partial charge < -0.3 is 15.7 Å². The van der Waals surface area contributed by atoms with Gasteiger partial charge in [-0.2, -0.15) is 0 Å². The van der Waals surface area contributed by atoms with E-state index in [-0.39, 0.29) is 17.3 Å². The molecule has 6 nitrogen and oxygen atoms in total. The highest BCUT2D eigenvalue weighted by molar-refractivity contribution is 5.90. The third kappa shape index (κ3) is 2.81. The van der Waals surface area contributed by atoms with Crippen LogP contribution in [0.3, 0.4) is 0 Å². The van der Waals surface area contributed by atoms with Gasteiger partial charge in [0.05, 0.1) is 5.69 Å². The summed E-state index contributed by atoms with van der Waals surface area (Å²) in [7, 11) is 0. The number of carbonyl (C=O) groups is 2. The topological polar surface area (TPSA) is 96.5 Å². The molecule has 1 aromatic rings. The summed E-state index contributed by atoms with van der Waals surface area (Å²) in [6.45, 7) is 0.670. The van der Waals surface area contributed by atoms with Crippen molar-refractivity contribution in [3.8, 4) is 0 Å². The van der Waals surface area contributed by atoms with Gasteiger partial charge in [0.1, 0.15) is 11.5 Å². The van der Waals surface area contributed by atoms with Gasteiger partial charge in [0.25, 0.3) is 5.91 Å². The molecule has 1 fully saturated rings. The minimum atomic E-state index is -0.974. The monoisotopic (exact) mass is 267 g/mol. The average molecular weight is 267 g/mol. The normalized spacial score (nSPS) is 16.4. The predicted octanol–water partition coefficient (Wildman–Crippen LogP) is 1.18. The minimum absolute atomic E-state index is 0.0251. The van der Waals surface area contributed by atoms with Crippen molar-refractivity contribution in [3.63, 3.8) is 0 Å². The van der Waals surface area contributed by atoms with Gasteiger partial charge in [-0.15, -0.1) is 0 Å². The highest BCUT2D eigenvalue weighted by atomic mass is 19.1. The van der Waals surface area contributed by atoms with Gasteiger partial charge in [-0.3, -0.25) is 4.79 Å². The number of hydrogen-bond donors (Lipinski definition) is 2. The highest BCUT2D eigenvalue weighted by Gasteiger charge is 2.26. The lowest BCUT2D eigenvalue weighted by atomic mass is 9.92. The Kier molecular flexibility index (Phi) is 3.64. The first kappa shape index (κ1) is 13.3. The summed E-state index contributed by atoms with van der Waals surface area (Å²) < 4.78 is 13.7.